The van der Waals surface area contributed by atoms with E-state index < -0.39 is 6.10 Å². The topological polar surface area (TPSA) is 60.9 Å². The van der Waals surface area contributed by atoms with E-state index in [1.807, 2.05) is 12.1 Å². The minimum absolute atomic E-state index is 0.00367. The van der Waals surface area contributed by atoms with E-state index in [2.05, 4.69) is 52.0 Å². The maximum atomic E-state index is 10.2. The third kappa shape index (κ3) is 3.10. The molecule has 0 aliphatic rings. The molecule has 0 aliphatic carbocycles. The van der Waals surface area contributed by atoms with Crippen molar-refractivity contribution in [3.8, 4) is 0 Å². The number of rotatable bonds is 3. The normalized spacial score (nSPS) is 14.1. The molecule has 0 amide bonds. The Morgan fingerprint density at radius 2 is 2.17 bits per heavy atom. The van der Waals surface area contributed by atoms with E-state index in [0.717, 1.165) is 21.1 Å². The molecule has 1 aromatic carbocycles. The first-order valence-corrected chi connectivity index (χ1v) is 6.72. The molecule has 0 saturated heterocycles. The number of benzene rings is 1. The molecular weight excluding hydrogens is 294 g/mol. The zero-order chi connectivity index (χ0) is 13.3. The highest BCUT2D eigenvalue weighted by molar-refractivity contribution is 9.10. The zero-order valence-corrected chi connectivity index (χ0v) is 12.4. The second kappa shape index (κ2) is 4.99. The molecule has 2 aromatic rings. The molecule has 0 radical (unpaired) electrons. The van der Waals surface area contributed by atoms with E-state index in [9.17, 15) is 5.11 Å². The summed E-state index contributed by atoms with van der Waals surface area (Å²) in [5, 5.41) is 13.5. The summed E-state index contributed by atoms with van der Waals surface area (Å²) in [6.45, 7) is 6.75. The van der Waals surface area contributed by atoms with Crippen LogP contribution in [0.3, 0.4) is 0 Å². The van der Waals surface area contributed by atoms with E-state index in [4.69, 9.17) is 0 Å². The fourth-order valence-corrected chi connectivity index (χ4v) is 2.32. The first-order valence-electron chi connectivity index (χ1n) is 5.92. The highest BCUT2D eigenvalue weighted by atomic mass is 79.9. The number of aromatic amines is 1. The van der Waals surface area contributed by atoms with Gasteiger partial charge in [-0.05, 0) is 54.4 Å². The molecule has 0 fully saturated rings. The minimum Gasteiger partial charge on any atom is -0.387 e. The van der Waals surface area contributed by atoms with Crippen LogP contribution in [0, 0.1) is 0 Å². The molecule has 4 nitrogen and oxygen atoms in total. The Morgan fingerprint density at radius 1 is 1.44 bits per heavy atom. The van der Waals surface area contributed by atoms with E-state index in [-0.39, 0.29) is 5.54 Å². The van der Waals surface area contributed by atoms with Crippen LogP contribution in [-0.2, 0) is 0 Å². The largest absolute Gasteiger partial charge is 0.387 e. The predicted octanol–water partition coefficient (Wildman–Crippen LogP) is 2.75. The van der Waals surface area contributed by atoms with Crippen molar-refractivity contribution in [3.63, 3.8) is 0 Å². The van der Waals surface area contributed by atoms with Crippen molar-refractivity contribution in [1.29, 1.82) is 0 Å². The summed E-state index contributed by atoms with van der Waals surface area (Å²) in [5.41, 5.74) is 2.68. The molecule has 98 valence electrons. The van der Waals surface area contributed by atoms with Gasteiger partial charge < -0.3 is 15.4 Å². The quantitative estimate of drug-likeness (QED) is 0.817. The van der Waals surface area contributed by atoms with Crippen molar-refractivity contribution in [1.82, 2.24) is 15.3 Å². The number of aliphatic hydroxyl groups is 1. The summed E-state index contributed by atoms with van der Waals surface area (Å²) in [6.07, 6.45) is 1.12. The Hall–Kier alpha value is -0.910. The summed E-state index contributed by atoms with van der Waals surface area (Å²) in [7, 11) is 0. The van der Waals surface area contributed by atoms with Crippen molar-refractivity contribution in [2.24, 2.45) is 0 Å². The Bertz CT molecular complexity index is 545. The molecule has 0 bridgehead atoms. The van der Waals surface area contributed by atoms with Gasteiger partial charge in [-0.1, -0.05) is 0 Å². The monoisotopic (exact) mass is 311 g/mol. The van der Waals surface area contributed by atoms with Gasteiger partial charge in [0, 0.05) is 16.6 Å². The number of nitrogens with zero attached hydrogens (tertiary/aromatic N) is 1. The van der Waals surface area contributed by atoms with Gasteiger partial charge in [0.1, 0.15) is 5.52 Å². The lowest BCUT2D eigenvalue weighted by Gasteiger charge is -2.23. The van der Waals surface area contributed by atoms with E-state index >= 15 is 0 Å². The summed E-state index contributed by atoms with van der Waals surface area (Å²) in [6, 6.07) is 3.85. The highest BCUT2D eigenvalue weighted by Crippen LogP contribution is 2.26. The Kier molecular flexibility index (Phi) is 3.75. The van der Waals surface area contributed by atoms with Crippen molar-refractivity contribution < 1.29 is 5.11 Å². The van der Waals surface area contributed by atoms with Gasteiger partial charge in [0.25, 0.3) is 0 Å². The van der Waals surface area contributed by atoms with Crippen LogP contribution >= 0.6 is 15.9 Å². The SMILES string of the molecule is CC(C)(C)NCC(O)c1cc(Br)c2nc[nH]c2c1. The van der Waals surface area contributed by atoms with Crippen LogP contribution in [0.15, 0.2) is 22.9 Å². The number of aliphatic hydroxyl groups excluding tert-OH is 1. The third-order valence-electron chi connectivity index (χ3n) is 2.71. The lowest BCUT2D eigenvalue weighted by Crippen LogP contribution is -2.38. The fraction of sp³-hybridized carbons (Fsp3) is 0.462. The van der Waals surface area contributed by atoms with Gasteiger partial charge in [-0.3, -0.25) is 0 Å². The number of hydrogen-bond donors (Lipinski definition) is 3. The lowest BCUT2D eigenvalue weighted by molar-refractivity contribution is 0.163. The predicted molar refractivity (Wildman–Crippen MR) is 76.5 cm³/mol. The average Bonchev–Trinajstić information content (AvgIpc) is 2.73. The van der Waals surface area contributed by atoms with Crippen molar-refractivity contribution >= 4 is 27.0 Å². The van der Waals surface area contributed by atoms with Gasteiger partial charge in [0.15, 0.2) is 0 Å². The van der Waals surface area contributed by atoms with Crippen LogP contribution in [0.25, 0.3) is 11.0 Å². The standard InChI is InChI=1S/C13H18BrN3O/c1-13(2,3)17-6-11(18)8-4-9(14)12-10(5-8)15-7-16-12/h4-5,7,11,17-18H,6H2,1-3H3,(H,15,16). The second-order valence-corrected chi connectivity index (χ2v) is 6.30. The molecule has 0 saturated carbocycles. The summed E-state index contributed by atoms with van der Waals surface area (Å²) in [4.78, 5) is 7.26. The van der Waals surface area contributed by atoms with Crippen LogP contribution < -0.4 is 5.32 Å². The van der Waals surface area contributed by atoms with Crippen molar-refractivity contribution in [2.75, 3.05) is 6.54 Å². The summed E-state index contributed by atoms with van der Waals surface area (Å²) in [5.74, 6) is 0. The number of imidazole rings is 1. The number of fused-ring (bicyclic) bond motifs is 1. The van der Waals surface area contributed by atoms with Crippen molar-refractivity contribution in [3.05, 3.63) is 28.5 Å². The molecule has 0 spiro atoms. The van der Waals surface area contributed by atoms with Gasteiger partial charge in [-0.15, -0.1) is 0 Å². The maximum absolute atomic E-state index is 10.2. The number of β-amino-alcohol motifs (C(OH)–C–C–N with tert-alkyl or cyclic N) is 1. The van der Waals surface area contributed by atoms with Crippen LogP contribution in [0.1, 0.15) is 32.4 Å². The van der Waals surface area contributed by atoms with Gasteiger partial charge >= 0.3 is 0 Å². The van der Waals surface area contributed by atoms with E-state index in [1.54, 1.807) is 6.33 Å². The van der Waals surface area contributed by atoms with Crippen molar-refractivity contribution in [2.45, 2.75) is 32.4 Å². The lowest BCUT2D eigenvalue weighted by atomic mass is 10.1. The fourth-order valence-electron chi connectivity index (χ4n) is 1.74. The van der Waals surface area contributed by atoms with Gasteiger partial charge in [0.05, 0.1) is 17.9 Å². The molecule has 5 heteroatoms. The summed E-state index contributed by atoms with van der Waals surface area (Å²) >= 11 is 3.47. The number of H-pyrrole nitrogens is 1. The van der Waals surface area contributed by atoms with Crippen LogP contribution in [0.5, 0.6) is 0 Å². The first kappa shape index (κ1) is 13.5. The number of halogens is 1. The number of hydrogen-bond acceptors (Lipinski definition) is 3. The van der Waals surface area contributed by atoms with E-state index in [0.29, 0.717) is 6.54 Å². The molecule has 1 atom stereocenters. The molecular formula is C13H18BrN3O. The van der Waals surface area contributed by atoms with Crippen LogP contribution in [0.4, 0.5) is 0 Å². The smallest absolute Gasteiger partial charge is 0.102 e. The van der Waals surface area contributed by atoms with Crippen LogP contribution in [-0.4, -0.2) is 27.2 Å². The van der Waals surface area contributed by atoms with E-state index in [1.165, 1.54) is 0 Å². The molecule has 1 heterocycles. The van der Waals surface area contributed by atoms with Gasteiger partial charge in [0.2, 0.25) is 0 Å². The highest BCUT2D eigenvalue weighted by Gasteiger charge is 2.15. The minimum atomic E-state index is -0.534. The Balaban J connectivity index is 2.20. The number of nitrogens with one attached hydrogen (secondary N) is 2. The van der Waals surface area contributed by atoms with Gasteiger partial charge in [-0.2, -0.15) is 0 Å². The molecule has 1 unspecified atom stereocenters. The molecule has 0 aliphatic heterocycles. The molecule has 2 rings (SSSR count). The molecule has 3 N–H and O–H groups in total. The maximum Gasteiger partial charge on any atom is 0.102 e. The first-order chi connectivity index (χ1) is 8.37. The van der Waals surface area contributed by atoms with Crippen LogP contribution in [0.2, 0.25) is 0 Å². The Labute approximate surface area is 115 Å². The third-order valence-corrected chi connectivity index (χ3v) is 3.31. The zero-order valence-electron chi connectivity index (χ0n) is 10.8. The molecule has 18 heavy (non-hydrogen) atoms. The number of aromatic nitrogens is 2. The second-order valence-electron chi connectivity index (χ2n) is 5.45. The summed E-state index contributed by atoms with van der Waals surface area (Å²) < 4.78 is 0.894. The molecule has 1 aromatic heterocycles. The Morgan fingerprint density at radius 3 is 2.83 bits per heavy atom. The average molecular weight is 312 g/mol. The van der Waals surface area contributed by atoms with Gasteiger partial charge in [-0.25, -0.2) is 4.98 Å².